The van der Waals surface area contributed by atoms with E-state index < -0.39 is 12.0 Å². The van der Waals surface area contributed by atoms with Gasteiger partial charge in [-0.15, -0.1) is 0 Å². The number of phenols is 1. The fourth-order valence-corrected chi connectivity index (χ4v) is 3.59. The maximum Gasteiger partial charge on any atom is 0.326 e. The molecule has 0 unspecified atom stereocenters. The van der Waals surface area contributed by atoms with Crippen LogP contribution >= 0.6 is 24.0 Å². The van der Waals surface area contributed by atoms with Crippen LogP contribution in [0.2, 0.25) is 0 Å². The largest absolute Gasteiger partial charge is 0.508 e. The highest BCUT2D eigenvalue weighted by Crippen LogP contribution is 2.35. The van der Waals surface area contributed by atoms with Gasteiger partial charge in [0.25, 0.3) is 5.91 Å². The van der Waals surface area contributed by atoms with Crippen molar-refractivity contribution in [1.82, 2.24) is 4.90 Å². The van der Waals surface area contributed by atoms with Gasteiger partial charge in [0.1, 0.15) is 16.1 Å². The Labute approximate surface area is 144 Å². The van der Waals surface area contributed by atoms with E-state index >= 15 is 0 Å². The number of carbonyl (C=O) groups excluding carboxylic acids is 1. The molecule has 122 valence electrons. The maximum absolute atomic E-state index is 12.6. The molecule has 1 amide bonds. The molecule has 1 fully saturated rings. The van der Waals surface area contributed by atoms with Crippen molar-refractivity contribution in [1.29, 1.82) is 0 Å². The zero-order chi connectivity index (χ0) is 17.1. The van der Waals surface area contributed by atoms with Crippen molar-refractivity contribution >= 4 is 46.3 Å². The van der Waals surface area contributed by atoms with E-state index in [-0.39, 0.29) is 21.9 Å². The van der Waals surface area contributed by atoms with E-state index in [4.69, 9.17) is 12.2 Å². The zero-order valence-corrected chi connectivity index (χ0v) is 14.4. The van der Waals surface area contributed by atoms with Crippen LogP contribution < -0.4 is 0 Å². The number of thioether (sulfide) groups is 1. The summed E-state index contributed by atoms with van der Waals surface area (Å²) >= 11 is 6.30. The van der Waals surface area contributed by atoms with E-state index in [2.05, 4.69) is 0 Å². The number of carbonyl (C=O) groups is 2. The van der Waals surface area contributed by atoms with E-state index in [1.807, 2.05) is 13.8 Å². The number of hydrogen-bond acceptors (Lipinski definition) is 5. The van der Waals surface area contributed by atoms with Gasteiger partial charge in [-0.2, -0.15) is 0 Å². The Morgan fingerprint density at radius 1 is 1.35 bits per heavy atom. The third-order valence-corrected chi connectivity index (χ3v) is 4.64. The van der Waals surface area contributed by atoms with Crippen LogP contribution in [-0.4, -0.2) is 37.4 Å². The van der Waals surface area contributed by atoms with Crippen LogP contribution in [0, 0.1) is 5.92 Å². The van der Waals surface area contributed by atoms with Crippen LogP contribution in [0.4, 0.5) is 0 Å². The van der Waals surface area contributed by atoms with Gasteiger partial charge in [0.15, 0.2) is 0 Å². The highest BCUT2D eigenvalue weighted by Gasteiger charge is 2.40. The number of carboxylic acid groups (broad SMARTS) is 1. The molecule has 0 spiro atoms. The van der Waals surface area contributed by atoms with Gasteiger partial charge in [0.2, 0.25) is 0 Å². The van der Waals surface area contributed by atoms with Crippen LogP contribution in [-0.2, 0) is 9.59 Å². The summed E-state index contributed by atoms with van der Waals surface area (Å²) in [6, 6.07) is 5.43. The molecule has 1 heterocycles. The lowest BCUT2D eigenvalue weighted by Gasteiger charge is -2.24. The zero-order valence-electron chi connectivity index (χ0n) is 12.7. The van der Waals surface area contributed by atoms with E-state index in [1.54, 1.807) is 18.2 Å². The summed E-state index contributed by atoms with van der Waals surface area (Å²) in [5.74, 6) is -1.18. The molecule has 0 aliphatic carbocycles. The molecule has 2 N–H and O–H groups in total. The lowest BCUT2D eigenvalue weighted by Crippen LogP contribution is -2.44. The first-order valence-corrected chi connectivity index (χ1v) is 8.31. The highest BCUT2D eigenvalue weighted by atomic mass is 32.2. The van der Waals surface area contributed by atoms with Crippen LogP contribution in [0.15, 0.2) is 29.2 Å². The molecule has 0 bridgehead atoms. The summed E-state index contributed by atoms with van der Waals surface area (Å²) in [5.41, 5.74) is 0.735. The van der Waals surface area contributed by atoms with Gasteiger partial charge in [-0.3, -0.25) is 9.69 Å². The van der Waals surface area contributed by atoms with Crippen LogP contribution in [0.3, 0.4) is 0 Å². The summed E-state index contributed by atoms with van der Waals surface area (Å²) in [6.45, 7) is 3.81. The number of nitrogens with zero attached hydrogens (tertiary/aromatic N) is 1. The lowest BCUT2D eigenvalue weighted by molar-refractivity contribution is -0.145. The number of thiocarbonyl (C=S) groups is 1. The van der Waals surface area contributed by atoms with Gasteiger partial charge in [0, 0.05) is 0 Å². The molecule has 7 heteroatoms. The molecule has 1 atom stereocenters. The second kappa shape index (κ2) is 7.14. The van der Waals surface area contributed by atoms with Gasteiger partial charge >= 0.3 is 5.97 Å². The van der Waals surface area contributed by atoms with E-state index in [0.717, 1.165) is 17.3 Å². The number of benzene rings is 1. The average Bonchev–Trinajstić information content (AvgIpc) is 2.73. The minimum atomic E-state index is -1.05. The first-order valence-electron chi connectivity index (χ1n) is 7.08. The predicted molar refractivity (Wildman–Crippen MR) is 94.0 cm³/mol. The molecule has 0 saturated carbocycles. The Kier molecular flexibility index (Phi) is 5.43. The van der Waals surface area contributed by atoms with Crippen molar-refractivity contribution in [2.24, 2.45) is 5.92 Å². The number of phenolic OH excluding ortho intramolecular Hbond substituents is 1. The Balaban J connectivity index is 2.28. The number of aromatic hydroxyl groups is 1. The smallest absolute Gasteiger partial charge is 0.326 e. The monoisotopic (exact) mass is 351 g/mol. The lowest BCUT2D eigenvalue weighted by atomic mass is 10.0. The molecule has 1 aromatic rings. The summed E-state index contributed by atoms with van der Waals surface area (Å²) in [6.07, 6.45) is 1.99. The van der Waals surface area contributed by atoms with E-state index in [9.17, 15) is 19.8 Å². The molecule has 1 aliphatic rings. The molecule has 0 radical (unpaired) electrons. The van der Waals surface area contributed by atoms with Crippen LogP contribution in [0.5, 0.6) is 5.75 Å². The highest BCUT2D eigenvalue weighted by molar-refractivity contribution is 8.26. The average molecular weight is 351 g/mol. The summed E-state index contributed by atoms with van der Waals surface area (Å²) in [4.78, 5) is 25.6. The summed E-state index contributed by atoms with van der Waals surface area (Å²) in [7, 11) is 0. The predicted octanol–water partition coefficient (Wildman–Crippen LogP) is 3.09. The molecule has 1 aliphatic heterocycles. The van der Waals surface area contributed by atoms with Crippen molar-refractivity contribution in [3.8, 4) is 5.75 Å². The first-order chi connectivity index (χ1) is 10.8. The second-order valence-electron chi connectivity index (χ2n) is 5.63. The summed E-state index contributed by atoms with van der Waals surface area (Å²) in [5, 5.41) is 18.7. The Morgan fingerprint density at radius 2 is 1.96 bits per heavy atom. The second-order valence-corrected chi connectivity index (χ2v) is 7.30. The Morgan fingerprint density at radius 3 is 2.48 bits per heavy atom. The van der Waals surface area contributed by atoms with E-state index in [0.29, 0.717) is 11.3 Å². The number of rotatable bonds is 5. The molecule has 2 rings (SSSR count). The molecular weight excluding hydrogens is 334 g/mol. The van der Waals surface area contributed by atoms with Crippen molar-refractivity contribution in [3.05, 3.63) is 34.7 Å². The normalized spacial score (nSPS) is 18.0. The van der Waals surface area contributed by atoms with Gasteiger partial charge < -0.3 is 10.2 Å². The quantitative estimate of drug-likeness (QED) is 0.627. The van der Waals surface area contributed by atoms with Gasteiger partial charge in [-0.05, 0) is 36.1 Å². The van der Waals surface area contributed by atoms with Gasteiger partial charge in [-0.25, -0.2) is 4.79 Å². The maximum atomic E-state index is 12.6. The molecule has 0 aromatic heterocycles. The standard InChI is InChI=1S/C16H17NO4S2/c1-9(2)7-12(15(20)21)17-14(19)13(23-16(17)22)8-10-3-5-11(18)6-4-10/h3-6,8-9,12,18H,7H2,1-2H3,(H,20,21)/b13-8-/t12-/m1/s1. The third kappa shape index (κ3) is 4.11. The topological polar surface area (TPSA) is 77.8 Å². The number of amides is 1. The molecule has 1 saturated heterocycles. The summed E-state index contributed by atoms with van der Waals surface area (Å²) < 4.78 is 0.257. The van der Waals surface area contributed by atoms with Gasteiger partial charge in [0.05, 0.1) is 4.91 Å². The van der Waals surface area contributed by atoms with Crippen LogP contribution in [0.25, 0.3) is 6.08 Å². The number of aliphatic carboxylic acids is 1. The van der Waals surface area contributed by atoms with E-state index in [1.165, 1.54) is 17.0 Å². The SMILES string of the molecule is CC(C)C[C@H](C(=O)O)N1C(=O)/C(=C/c2ccc(O)cc2)SC1=S. The van der Waals surface area contributed by atoms with Gasteiger partial charge in [-0.1, -0.05) is 50.0 Å². The molecule has 5 nitrogen and oxygen atoms in total. The molecule has 1 aromatic carbocycles. The molecule has 23 heavy (non-hydrogen) atoms. The van der Waals surface area contributed by atoms with Crippen molar-refractivity contribution in [2.45, 2.75) is 26.3 Å². The fourth-order valence-electron chi connectivity index (χ4n) is 2.23. The van der Waals surface area contributed by atoms with Crippen LogP contribution in [0.1, 0.15) is 25.8 Å². The number of hydrogen-bond donors (Lipinski definition) is 2. The minimum absolute atomic E-state index is 0.127. The van der Waals surface area contributed by atoms with Crippen molar-refractivity contribution in [2.75, 3.05) is 0 Å². The number of carboxylic acids is 1. The Bertz CT molecular complexity index is 667. The fraction of sp³-hybridized carbons (Fsp3) is 0.312. The Hall–Kier alpha value is -1.86. The van der Waals surface area contributed by atoms with Crippen molar-refractivity contribution < 1.29 is 19.8 Å². The van der Waals surface area contributed by atoms with Crippen molar-refractivity contribution in [3.63, 3.8) is 0 Å². The third-order valence-electron chi connectivity index (χ3n) is 3.31. The first kappa shape index (κ1) is 17.5. The molecular formula is C16H17NO4S2. The minimum Gasteiger partial charge on any atom is -0.508 e.